The van der Waals surface area contributed by atoms with E-state index in [2.05, 4.69) is 20.3 Å². The Bertz CT molecular complexity index is 1010. The van der Waals surface area contributed by atoms with Gasteiger partial charge in [-0.1, -0.05) is 18.2 Å². The average Bonchev–Trinajstić information content (AvgIpc) is 3.28. The number of ether oxygens (including phenoxy) is 2. The van der Waals surface area contributed by atoms with Gasteiger partial charge in [-0.05, 0) is 6.07 Å². The molecule has 4 atom stereocenters. The minimum atomic E-state index is -1.26. The van der Waals surface area contributed by atoms with E-state index < -0.39 is 31.1 Å². The number of rotatable bonds is 6. The maximum absolute atomic E-state index is 10.3. The number of hydrogen-bond acceptors (Lipinski definition) is 10. The van der Waals surface area contributed by atoms with Crippen molar-refractivity contribution in [1.82, 2.24) is 19.5 Å². The van der Waals surface area contributed by atoms with E-state index in [9.17, 15) is 15.3 Å². The molecule has 0 amide bonds. The van der Waals surface area contributed by atoms with Crippen molar-refractivity contribution in [2.24, 2.45) is 0 Å². The smallest absolute Gasteiger partial charge is 0.227 e. The molecule has 11 heteroatoms. The van der Waals surface area contributed by atoms with Gasteiger partial charge in [-0.15, -0.1) is 0 Å². The maximum Gasteiger partial charge on any atom is 0.227 e. The molecular weight excluding hydrogens is 380 g/mol. The second kappa shape index (κ2) is 7.79. The Labute approximate surface area is 165 Å². The van der Waals surface area contributed by atoms with E-state index >= 15 is 0 Å². The first-order valence-corrected chi connectivity index (χ1v) is 9.01. The van der Waals surface area contributed by atoms with E-state index in [1.807, 2.05) is 24.3 Å². The molecule has 29 heavy (non-hydrogen) atoms. The monoisotopic (exact) mass is 402 g/mol. The largest absolute Gasteiger partial charge is 0.496 e. The van der Waals surface area contributed by atoms with Crippen molar-refractivity contribution in [3.8, 4) is 5.75 Å². The van der Waals surface area contributed by atoms with Gasteiger partial charge in [0.2, 0.25) is 5.95 Å². The summed E-state index contributed by atoms with van der Waals surface area (Å²) in [6.45, 7) is -0.0266. The summed E-state index contributed by atoms with van der Waals surface area (Å²) in [5.41, 5.74) is 7.60. The zero-order valence-corrected chi connectivity index (χ0v) is 15.6. The Morgan fingerprint density at radius 1 is 1.24 bits per heavy atom. The number of nitrogens with one attached hydrogen (secondary N) is 1. The Hall–Kier alpha value is -2.99. The SMILES string of the molecule is COc1ccccc1CNc1nc(N)c2ncn([C@@H]3O[C@H](CO)[C@@H](O)[C@H]3O)c2n1. The van der Waals surface area contributed by atoms with Gasteiger partial charge in [-0.25, -0.2) is 4.98 Å². The zero-order chi connectivity index (χ0) is 20.5. The van der Waals surface area contributed by atoms with Gasteiger partial charge in [-0.3, -0.25) is 4.57 Å². The van der Waals surface area contributed by atoms with Crippen LogP contribution in [0.4, 0.5) is 11.8 Å². The number of nitrogen functional groups attached to an aromatic ring is 1. The van der Waals surface area contributed by atoms with Crippen molar-refractivity contribution < 1.29 is 24.8 Å². The molecule has 1 fully saturated rings. The topological polar surface area (TPSA) is 161 Å². The van der Waals surface area contributed by atoms with Crippen molar-refractivity contribution in [1.29, 1.82) is 0 Å². The first kappa shape index (κ1) is 19.3. The number of methoxy groups -OCH3 is 1. The predicted octanol–water partition coefficient (Wildman–Crippen LogP) is -0.359. The van der Waals surface area contributed by atoms with Crippen LogP contribution in [0.3, 0.4) is 0 Å². The van der Waals surface area contributed by atoms with Crippen molar-refractivity contribution in [3.63, 3.8) is 0 Å². The first-order chi connectivity index (χ1) is 14.0. The highest BCUT2D eigenvalue weighted by Gasteiger charge is 2.44. The second-order valence-electron chi connectivity index (χ2n) is 6.65. The van der Waals surface area contributed by atoms with Crippen molar-refractivity contribution in [3.05, 3.63) is 36.2 Å². The molecule has 0 spiro atoms. The molecule has 6 N–H and O–H groups in total. The van der Waals surface area contributed by atoms with Crippen molar-refractivity contribution in [2.75, 3.05) is 24.8 Å². The summed E-state index contributed by atoms with van der Waals surface area (Å²) in [6.07, 6.45) is -2.96. The lowest BCUT2D eigenvalue weighted by molar-refractivity contribution is -0.0511. The fraction of sp³-hybridized carbons (Fsp3) is 0.389. The van der Waals surface area contributed by atoms with E-state index in [4.69, 9.17) is 15.2 Å². The molecule has 0 aliphatic carbocycles. The number of fused-ring (bicyclic) bond motifs is 1. The standard InChI is InChI=1S/C18H22N6O5/c1-28-10-5-3-2-4-9(10)6-20-18-22-15(19)12-16(23-18)24(8-21-12)17-14(27)13(26)11(7-25)29-17/h2-5,8,11,13-14,17,25-27H,6-7H2,1H3,(H3,19,20,22,23)/t11-,13-,14-,17-/m1/s1. The second-order valence-corrected chi connectivity index (χ2v) is 6.65. The van der Waals surface area contributed by atoms with Crippen LogP contribution in [0.2, 0.25) is 0 Å². The van der Waals surface area contributed by atoms with Crippen molar-refractivity contribution >= 4 is 22.9 Å². The lowest BCUT2D eigenvalue weighted by Gasteiger charge is -2.17. The van der Waals surface area contributed by atoms with Gasteiger partial charge in [-0.2, -0.15) is 9.97 Å². The number of hydrogen-bond donors (Lipinski definition) is 5. The van der Waals surface area contributed by atoms with Crippen LogP contribution in [0.1, 0.15) is 11.8 Å². The average molecular weight is 402 g/mol. The van der Waals surface area contributed by atoms with Crippen LogP contribution in [-0.4, -0.2) is 66.9 Å². The molecule has 3 aromatic rings. The lowest BCUT2D eigenvalue weighted by Crippen LogP contribution is -2.33. The summed E-state index contributed by atoms with van der Waals surface area (Å²) < 4.78 is 12.4. The summed E-state index contributed by atoms with van der Waals surface area (Å²) in [7, 11) is 1.60. The molecule has 3 heterocycles. The quantitative estimate of drug-likeness (QED) is 0.368. The van der Waals surface area contributed by atoms with Crippen LogP contribution >= 0.6 is 0 Å². The summed E-state index contributed by atoms with van der Waals surface area (Å²) in [4.78, 5) is 12.9. The highest BCUT2D eigenvalue weighted by molar-refractivity contribution is 5.83. The Balaban J connectivity index is 1.63. The third-order valence-electron chi connectivity index (χ3n) is 4.87. The fourth-order valence-corrected chi connectivity index (χ4v) is 3.34. The van der Waals surface area contributed by atoms with Crippen LogP contribution in [0.15, 0.2) is 30.6 Å². The van der Waals surface area contributed by atoms with E-state index in [-0.39, 0.29) is 11.8 Å². The van der Waals surface area contributed by atoms with Gasteiger partial charge in [0.1, 0.15) is 29.6 Å². The van der Waals surface area contributed by atoms with E-state index in [1.165, 1.54) is 10.9 Å². The number of para-hydroxylation sites is 1. The van der Waals surface area contributed by atoms with Crippen LogP contribution in [-0.2, 0) is 11.3 Å². The van der Waals surface area contributed by atoms with Crippen LogP contribution in [0.5, 0.6) is 5.75 Å². The lowest BCUT2D eigenvalue weighted by atomic mass is 10.1. The van der Waals surface area contributed by atoms with Gasteiger partial charge < -0.3 is 35.8 Å². The third-order valence-corrected chi connectivity index (χ3v) is 4.87. The molecule has 11 nitrogen and oxygen atoms in total. The molecule has 1 aliphatic rings. The summed E-state index contributed by atoms with van der Waals surface area (Å²) in [5.74, 6) is 1.14. The molecule has 154 valence electrons. The van der Waals surface area contributed by atoms with E-state index in [0.717, 1.165) is 11.3 Å². The number of aromatic nitrogens is 4. The molecule has 2 aromatic heterocycles. The molecule has 1 saturated heterocycles. The summed E-state index contributed by atoms with van der Waals surface area (Å²) >= 11 is 0. The molecule has 0 bridgehead atoms. The minimum absolute atomic E-state index is 0.156. The number of anilines is 2. The fourth-order valence-electron chi connectivity index (χ4n) is 3.34. The molecule has 4 rings (SSSR count). The predicted molar refractivity (Wildman–Crippen MR) is 103 cm³/mol. The van der Waals surface area contributed by atoms with E-state index in [1.54, 1.807) is 7.11 Å². The molecule has 1 aliphatic heterocycles. The highest BCUT2D eigenvalue weighted by Crippen LogP contribution is 2.32. The van der Waals surface area contributed by atoms with Crippen LogP contribution in [0.25, 0.3) is 11.2 Å². The van der Waals surface area contributed by atoms with Gasteiger partial charge in [0, 0.05) is 12.1 Å². The number of benzene rings is 1. The minimum Gasteiger partial charge on any atom is -0.496 e. The van der Waals surface area contributed by atoms with E-state index in [0.29, 0.717) is 17.7 Å². The van der Waals surface area contributed by atoms with Crippen LogP contribution < -0.4 is 15.8 Å². The van der Waals surface area contributed by atoms with Gasteiger partial charge >= 0.3 is 0 Å². The molecule has 0 saturated carbocycles. The Kier molecular flexibility index (Phi) is 5.20. The van der Waals surface area contributed by atoms with Crippen LogP contribution in [0, 0.1) is 0 Å². The summed E-state index contributed by atoms with van der Waals surface area (Å²) in [6, 6.07) is 7.54. The maximum atomic E-state index is 10.3. The highest BCUT2D eigenvalue weighted by atomic mass is 16.6. The number of nitrogens with zero attached hydrogens (tertiary/aromatic N) is 4. The molecular formula is C18H22N6O5. The zero-order valence-electron chi connectivity index (χ0n) is 15.6. The third kappa shape index (κ3) is 3.44. The first-order valence-electron chi connectivity index (χ1n) is 9.01. The molecule has 1 aromatic carbocycles. The van der Waals surface area contributed by atoms with Crippen molar-refractivity contribution in [2.45, 2.75) is 31.1 Å². The molecule has 0 radical (unpaired) electrons. The Morgan fingerprint density at radius 2 is 2.03 bits per heavy atom. The summed E-state index contributed by atoms with van der Waals surface area (Å²) in [5, 5.41) is 32.7. The Morgan fingerprint density at radius 3 is 2.76 bits per heavy atom. The number of nitrogens with two attached hydrogens (primary N) is 1. The molecule has 0 unspecified atom stereocenters. The van der Waals surface area contributed by atoms with Gasteiger partial charge in [0.15, 0.2) is 17.7 Å². The number of imidazole rings is 1. The normalized spacial score (nSPS) is 24.1. The number of aliphatic hydroxyl groups is 3. The number of aliphatic hydroxyl groups excluding tert-OH is 3. The van der Waals surface area contributed by atoms with Gasteiger partial charge in [0.25, 0.3) is 0 Å². The van der Waals surface area contributed by atoms with Gasteiger partial charge in [0.05, 0.1) is 20.0 Å².